The number of carbonyl (C=O) groups excluding carboxylic acids is 3. The highest BCUT2D eigenvalue weighted by molar-refractivity contribution is 6.04. The number of benzene rings is 4. The van der Waals surface area contributed by atoms with Crippen LogP contribution in [0.3, 0.4) is 0 Å². The monoisotopic (exact) mass is 604 g/mol. The van der Waals surface area contributed by atoms with Crippen LogP contribution in [-0.4, -0.2) is 41.2 Å². The lowest BCUT2D eigenvalue weighted by Crippen LogP contribution is -2.29. The number of rotatable bonds is 8. The van der Waals surface area contributed by atoms with Gasteiger partial charge >= 0.3 is 18.2 Å². The van der Waals surface area contributed by atoms with Crippen molar-refractivity contribution in [3.05, 3.63) is 114 Å². The predicted octanol–water partition coefficient (Wildman–Crippen LogP) is 7.70. The molecule has 0 spiro atoms. The highest BCUT2D eigenvalue weighted by atomic mass is 16.6. The highest BCUT2D eigenvalue weighted by Crippen LogP contribution is 2.28. The SMILES string of the molecule is COc1cc(C(=O)OC(=O)N(c2ccccc2)c2ccccc2)ccc1Cn1ncc2ccc(NC(=O)OC3CCCC3)cc21. The topological polar surface area (TPSA) is 112 Å². The molecule has 0 radical (unpaired) electrons. The molecular formula is C35H32N4O6. The fourth-order valence-electron chi connectivity index (χ4n) is 5.44. The van der Waals surface area contributed by atoms with Gasteiger partial charge in [-0.3, -0.25) is 10.00 Å². The minimum atomic E-state index is -0.833. The second-order valence-electron chi connectivity index (χ2n) is 10.7. The molecule has 0 atom stereocenters. The third-order valence-corrected chi connectivity index (χ3v) is 7.70. The average Bonchev–Trinajstić information content (AvgIpc) is 3.72. The summed E-state index contributed by atoms with van der Waals surface area (Å²) in [6, 6.07) is 28.3. The van der Waals surface area contributed by atoms with Crippen molar-refractivity contribution in [2.24, 2.45) is 0 Å². The van der Waals surface area contributed by atoms with Crippen LogP contribution >= 0.6 is 0 Å². The summed E-state index contributed by atoms with van der Waals surface area (Å²) in [5.41, 5.74) is 3.42. The number of nitrogens with one attached hydrogen (secondary N) is 1. The van der Waals surface area contributed by atoms with E-state index >= 15 is 0 Å². The first kappa shape index (κ1) is 29.4. The predicted molar refractivity (Wildman–Crippen MR) is 170 cm³/mol. The molecule has 45 heavy (non-hydrogen) atoms. The number of para-hydroxylation sites is 2. The van der Waals surface area contributed by atoms with Gasteiger partial charge in [-0.25, -0.2) is 19.3 Å². The molecule has 1 saturated carbocycles. The summed E-state index contributed by atoms with van der Waals surface area (Å²) >= 11 is 0. The summed E-state index contributed by atoms with van der Waals surface area (Å²) in [7, 11) is 1.50. The van der Waals surface area contributed by atoms with Gasteiger partial charge in [-0.2, -0.15) is 5.10 Å². The number of amides is 2. The largest absolute Gasteiger partial charge is 0.496 e. The van der Waals surface area contributed by atoms with Crippen LogP contribution < -0.4 is 15.0 Å². The van der Waals surface area contributed by atoms with E-state index in [2.05, 4.69) is 10.4 Å². The van der Waals surface area contributed by atoms with E-state index in [-0.39, 0.29) is 11.7 Å². The fraction of sp³-hybridized carbons (Fsp3) is 0.200. The maximum Gasteiger partial charge on any atom is 0.426 e. The van der Waals surface area contributed by atoms with Gasteiger partial charge in [-0.05, 0) is 80.3 Å². The number of hydrogen-bond donors (Lipinski definition) is 1. The number of methoxy groups -OCH3 is 1. The van der Waals surface area contributed by atoms with E-state index in [1.54, 1.807) is 71.5 Å². The van der Waals surface area contributed by atoms with Crippen LogP contribution in [0, 0.1) is 0 Å². The Morgan fingerprint density at radius 1 is 0.889 bits per heavy atom. The zero-order valence-electron chi connectivity index (χ0n) is 24.7. The lowest BCUT2D eigenvalue weighted by molar-refractivity contribution is 0.0637. The zero-order chi connectivity index (χ0) is 31.2. The molecule has 10 nitrogen and oxygen atoms in total. The number of aromatic nitrogens is 2. The van der Waals surface area contributed by atoms with Gasteiger partial charge in [0.25, 0.3) is 0 Å². The van der Waals surface area contributed by atoms with Crippen LogP contribution in [0.15, 0.2) is 103 Å². The molecule has 6 rings (SSSR count). The van der Waals surface area contributed by atoms with Gasteiger partial charge in [0.15, 0.2) is 0 Å². The first-order chi connectivity index (χ1) is 22.0. The Balaban J connectivity index is 1.17. The van der Waals surface area contributed by atoms with E-state index in [4.69, 9.17) is 14.2 Å². The molecule has 10 heteroatoms. The maximum atomic E-state index is 13.3. The molecule has 0 unspecified atom stereocenters. The molecule has 0 bridgehead atoms. The first-order valence-electron chi connectivity index (χ1n) is 14.7. The molecule has 228 valence electrons. The molecule has 0 saturated heterocycles. The molecular weight excluding hydrogens is 572 g/mol. The van der Waals surface area contributed by atoms with E-state index < -0.39 is 18.2 Å². The van der Waals surface area contributed by atoms with Crippen LogP contribution in [0.5, 0.6) is 5.75 Å². The Kier molecular flexibility index (Phi) is 8.72. The van der Waals surface area contributed by atoms with Crippen LogP contribution in [0.4, 0.5) is 26.7 Å². The number of hydrogen-bond acceptors (Lipinski definition) is 7. The zero-order valence-corrected chi connectivity index (χ0v) is 24.7. The fourth-order valence-corrected chi connectivity index (χ4v) is 5.44. The number of anilines is 3. The number of fused-ring (bicyclic) bond motifs is 1. The molecule has 1 N–H and O–H groups in total. The van der Waals surface area contributed by atoms with Crippen molar-refractivity contribution in [3.63, 3.8) is 0 Å². The maximum absolute atomic E-state index is 13.3. The minimum Gasteiger partial charge on any atom is -0.496 e. The molecule has 1 aromatic heterocycles. The summed E-state index contributed by atoms with van der Waals surface area (Å²) < 4.78 is 18.2. The number of ether oxygens (including phenoxy) is 3. The van der Waals surface area contributed by atoms with Gasteiger partial charge < -0.3 is 14.2 Å². The third kappa shape index (κ3) is 6.80. The average molecular weight is 605 g/mol. The van der Waals surface area contributed by atoms with Crippen LogP contribution in [0.1, 0.15) is 41.6 Å². The Labute approximate surface area is 260 Å². The van der Waals surface area contributed by atoms with Crippen molar-refractivity contribution in [2.45, 2.75) is 38.3 Å². The van der Waals surface area contributed by atoms with Crippen molar-refractivity contribution in [1.29, 1.82) is 0 Å². The van der Waals surface area contributed by atoms with E-state index in [1.165, 1.54) is 18.1 Å². The summed E-state index contributed by atoms with van der Waals surface area (Å²) in [4.78, 5) is 40.2. The Hall–Kier alpha value is -5.64. The quantitative estimate of drug-likeness (QED) is 0.143. The van der Waals surface area contributed by atoms with Crippen molar-refractivity contribution in [3.8, 4) is 5.75 Å². The molecule has 1 fully saturated rings. The normalized spacial score (nSPS) is 12.9. The second kappa shape index (κ2) is 13.3. The first-order valence-corrected chi connectivity index (χ1v) is 14.7. The standard InChI is InChI=1S/C35H32N4O6/c1-43-32-20-24(33(40)45-35(42)39(28-10-4-2-5-11-28)29-12-6-3-7-13-29)16-17-26(32)23-38-31-21-27(19-18-25(31)22-36-38)37-34(41)44-30-14-8-9-15-30/h2-7,10-13,16-22,30H,8-9,14-15,23H2,1H3,(H,37,41). The Morgan fingerprint density at radius 2 is 1.58 bits per heavy atom. The molecule has 1 heterocycles. The van der Waals surface area contributed by atoms with Crippen molar-refractivity contribution in [1.82, 2.24) is 9.78 Å². The molecule has 4 aromatic carbocycles. The van der Waals surface area contributed by atoms with Crippen LogP contribution in [0.2, 0.25) is 0 Å². The molecule has 1 aliphatic carbocycles. The molecule has 2 amide bonds. The summed E-state index contributed by atoms with van der Waals surface area (Å²) in [6.07, 6.45) is 4.36. The van der Waals surface area contributed by atoms with Crippen LogP contribution in [-0.2, 0) is 16.0 Å². The van der Waals surface area contributed by atoms with Gasteiger partial charge in [0.2, 0.25) is 0 Å². The van der Waals surface area contributed by atoms with Gasteiger partial charge in [0.05, 0.1) is 42.3 Å². The van der Waals surface area contributed by atoms with E-state index in [0.29, 0.717) is 29.4 Å². The van der Waals surface area contributed by atoms with Gasteiger partial charge in [0.1, 0.15) is 11.9 Å². The smallest absolute Gasteiger partial charge is 0.426 e. The number of carbonyl (C=O) groups is 3. The van der Waals surface area contributed by atoms with Crippen molar-refractivity contribution in [2.75, 3.05) is 17.3 Å². The summed E-state index contributed by atoms with van der Waals surface area (Å²) in [5, 5.41) is 8.23. The van der Waals surface area contributed by atoms with Gasteiger partial charge in [0, 0.05) is 16.6 Å². The number of nitrogens with zero attached hydrogens (tertiary/aromatic N) is 3. The lowest BCUT2D eigenvalue weighted by atomic mass is 10.1. The van der Waals surface area contributed by atoms with E-state index in [0.717, 1.165) is 42.1 Å². The number of esters is 1. The molecule has 0 aliphatic heterocycles. The second-order valence-corrected chi connectivity index (χ2v) is 10.7. The minimum absolute atomic E-state index is 0.0308. The molecule has 1 aliphatic rings. The van der Waals surface area contributed by atoms with Crippen molar-refractivity contribution >= 4 is 46.1 Å². The van der Waals surface area contributed by atoms with Crippen LogP contribution in [0.25, 0.3) is 10.9 Å². The summed E-state index contributed by atoms with van der Waals surface area (Å²) in [5.74, 6) is -0.385. The highest BCUT2D eigenvalue weighted by Gasteiger charge is 2.24. The lowest BCUT2D eigenvalue weighted by Gasteiger charge is -2.21. The Bertz CT molecular complexity index is 1780. The Morgan fingerprint density at radius 3 is 2.24 bits per heavy atom. The van der Waals surface area contributed by atoms with Gasteiger partial charge in [-0.1, -0.05) is 42.5 Å². The van der Waals surface area contributed by atoms with Crippen molar-refractivity contribution < 1.29 is 28.6 Å². The molecule has 5 aromatic rings. The summed E-state index contributed by atoms with van der Waals surface area (Å²) in [6.45, 7) is 0.326. The third-order valence-electron chi connectivity index (χ3n) is 7.70. The van der Waals surface area contributed by atoms with E-state index in [1.807, 2.05) is 30.3 Å². The van der Waals surface area contributed by atoms with E-state index in [9.17, 15) is 14.4 Å². The van der Waals surface area contributed by atoms with Gasteiger partial charge in [-0.15, -0.1) is 0 Å².